The normalized spacial score (nSPS) is 13.1. The summed E-state index contributed by atoms with van der Waals surface area (Å²) >= 11 is 0. The van der Waals surface area contributed by atoms with E-state index in [1.165, 1.54) is 6.92 Å². The average Bonchev–Trinajstić information content (AvgIpc) is 2.43. The number of carbonyl (C=O) groups is 3. The van der Waals surface area contributed by atoms with Gasteiger partial charge in [-0.3, -0.25) is 4.79 Å². The second-order valence-electron chi connectivity index (χ2n) is 4.94. The number of ketones is 1. The Morgan fingerprint density at radius 2 is 1.95 bits per heavy atom. The summed E-state index contributed by atoms with van der Waals surface area (Å²) in [6, 6.07) is 4.90. The van der Waals surface area contributed by atoms with Gasteiger partial charge in [0.05, 0.1) is 0 Å². The van der Waals surface area contributed by atoms with E-state index in [2.05, 4.69) is 10.6 Å². The van der Waals surface area contributed by atoms with Crippen LogP contribution in [0.25, 0.3) is 0 Å². The molecule has 114 valence electrons. The van der Waals surface area contributed by atoms with Crippen LogP contribution in [0.15, 0.2) is 24.3 Å². The molecule has 1 rings (SSSR count). The SMILES string of the molecule is CCC(C)C(NC(=O)Nc1cccc(C(C)=O)c1)C(=O)O. The topological polar surface area (TPSA) is 95.5 Å². The van der Waals surface area contributed by atoms with E-state index < -0.39 is 18.0 Å². The molecule has 0 bridgehead atoms. The van der Waals surface area contributed by atoms with Crippen LogP contribution in [0.4, 0.5) is 10.5 Å². The van der Waals surface area contributed by atoms with Crippen LogP contribution >= 0.6 is 0 Å². The molecule has 3 N–H and O–H groups in total. The molecule has 0 saturated heterocycles. The van der Waals surface area contributed by atoms with Crippen LogP contribution in [0, 0.1) is 5.92 Å². The first-order valence-corrected chi connectivity index (χ1v) is 6.76. The van der Waals surface area contributed by atoms with Crippen molar-refractivity contribution in [2.45, 2.75) is 33.2 Å². The van der Waals surface area contributed by atoms with E-state index in [4.69, 9.17) is 5.11 Å². The van der Waals surface area contributed by atoms with Crippen molar-refractivity contribution in [1.82, 2.24) is 5.32 Å². The number of carboxylic acids is 1. The molecule has 2 unspecified atom stereocenters. The van der Waals surface area contributed by atoms with Crippen molar-refractivity contribution in [2.24, 2.45) is 5.92 Å². The number of amides is 2. The number of Topliss-reactive ketones (excluding diaryl/α,β-unsaturated/α-hetero) is 1. The zero-order chi connectivity index (χ0) is 16.0. The van der Waals surface area contributed by atoms with Crippen LogP contribution in [-0.2, 0) is 4.79 Å². The Labute approximate surface area is 123 Å². The second kappa shape index (κ2) is 7.42. The van der Waals surface area contributed by atoms with Crippen LogP contribution in [0.1, 0.15) is 37.6 Å². The summed E-state index contributed by atoms with van der Waals surface area (Å²) in [6.45, 7) is 5.05. The number of carboxylic acid groups (broad SMARTS) is 1. The number of anilines is 1. The Morgan fingerprint density at radius 3 is 2.48 bits per heavy atom. The summed E-state index contributed by atoms with van der Waals surface area (Å²) in [5.41, 5.74) is 0.915. The largest absolute Gasteiger partial charge is 0.480 e. The van der Waals surface area contributed by atoms with Crippen molar-refractivity contribution in [3.63, 3.8) is 0 Å². The Balaban J connectivity index is 2.74. The fourth-order valence-corrected chi connectivity index (χ4v) is 1.81. The summed E-state index contributed by atoms with van der Waals surface area (Å²) in [7, 11) is 0. The van der Waals surface area contributed by atoms with Crippen molar-refractivity contribution in [3.05, 3.63) is 29.8 Å². The summed E-state index contributed by atoms with van der Waals surface area (Å²) in [5, 5.41) is 14.1. The van der Waals surface area contributed by atoms with Crippen molar-refractivity contribution in [2.75, 3.05) is 5.32 Å². The summed E-state index contributed by atoms with van der Waals surface area (Å²) in [6.07, 6.45) is 0.636. The lowest BCUT2D eigenvalue weighted by atomic mass is 9.99. The number of rotatable bonds is 6. The Morgan fingerprint density at radius 1 is 1.29 bits per heavy atom. The van der Waals surface area contributed by atoms with E-state index in [9.17, 15) is 14.4 Å². The zero-order valence-electron chi connectivity index (χ0n) is 12.3. The number of hydrogen-bond donors (Lipinski definition) is 3. The first-order chi connectivity index (χ1) is 9.85. The molecule has 1 aromatic carbocycles. The van der Waals surface area contributed by atoms with Crippen molar-refractivity contribution in [1.29, 1.82) is 0 Å². The molecular formula is C15H20N2O4. The molecule has 0 heterocycles. The lowest BCUT2D eigenvalue weighted by molar-refractivity contribution is -0.140. The third kappa shape index (κ3) is 4.91. The van der Waals surface area contributed by atoms with Gasteiger partial charge >= 0.3 is 12.0 Å². The molecule has 2 atom stereocenters. The van der Waals surface area contributed by atoms with Crippen molar-refractivity contribution in [3.8, 4) is 0 Å². The molecule has 6 heteroatoms. The molecule has 2 amide bonds. The fraction of sp³-hybridized carbons (Fsp3) is 0.400. The number of carbonyl (C=O) groups excluding carboxylic acids is 2. The Bertz CT molecular complexity index is 542. The minimum absolute atomic E-state index is 0.109. The maximum absolute atomic E-state index is 11.9. The molecule has 0 saturated carbocycles. The van der Waals surface area contributed by atoms with Gasteiger partial charge in [-0.1, -0.05) is 32.4 Å². The molecule has 0 aliphatic carbocycles. The lowest BCUT2D eigenvalue weighted by Crippen LogP contribution is -2.46. The van der Waals surface area contributed by atoms with Gasteiger partial charge < -0.3 is 15.7 Å². The molecule has 1 aromatic rings. The molecule has 0 aliphatic heterocycles. The van der Waals surface area contributed by atoms with E-state index in [0.29, 0.717) is 17.7 Å². The molecular weight excluding hydrogens is 272 g/mol. The number of urea groups is 1. The highest BCUT2D eigenvalue weighted by Crippen LogP contribution is 2.12. The first-order valence-electron chi connectivity index (χ1n) is 6.76. The molecule has 21 heavy (non-hydrogen) atoms. The van der Waals surface area contributed by atoms with E-state index >= 15 is 0 Å². The van der Waals surface area contributed by atoms with Crippen LogP contribution in [-0.4, -0.2) is 28.9 Å². The quantitative estimate of drug-likeness (QED) is 0.702. The van der Waals surface area contributed by atoms with Crippen molar-refractivity contribution < 1.29 is 19.5 Å². The van der Waals surface area contributed by atoms with Gasteiger partial charge in [-0.05, 0) is 25.0 Å². The maximum Gasteiger partial charge on any atom is 0.326 e. The van der Waals surface area contributed by atoms with Crippen LogP contribution in [0.2, 0.25) is 0 Å². The number of aliphatic carboxylic acids is 1. The average molecular weight is 292 g/mol. The first kappa shape index (κ1) is 16.7. The highest BCUT2D eigenvalue weighted by molar-refractivity contribution is 5.97. The molecule has 0 aliphatic rings. The van der Waals surface area contributed by atoms with E-state index in [0.717, 1.165) is 0 Å². The maximum atomic E-state index is 11.9. The standard InChI is InChI=1S/C15H20N2O4/c1-4-9(2)13(14(19)20)17-15(21)16-12-7-5-6-11(8-12)10(3)18/h5-9,13H,4H2,1-3H3,(H,19,20)(H2,16,17,21). The number of nitrogens with one attached hydrogen (secondary N) is 2. The van der Waals surface area contributed by atoms with Gasteiger partial charge in [-0.15, -0.1) is 0 Å². The lowest BCUT2D eigenvalue weighted by Gasteiger charge is -2.20. The minimum atomic E-state index is -1.07. The smallest absolute Gasteiger partial charge is 0.326 e. The van der Waals surface area contributed by atoms with Gasteiger partial charge in [0.2, 0.25) is 0 Å². The Hall–Kier alpha value is -2.37. The number of benzene rings is 1. The molecule has 0 aromatic heterocycles. The monoisotopic (exact) mass is 292 g/mol. The van der Waals surface area contributed by atoms with Gasteiger partial charge in [-0.25, -0.2) is 9.59 Å². The third-order valence-electron chi connectivity index (χ3n) is 3.29. The van der Waals surface area contributed by atoms with Crippen LogP contribution in [0.5, 0.6) is 0 Å². The fourth-order valence-electron chi connectivity index (χ4n) is 1.81. The van der Waals surface area contributed by atoms with E-state index in [-0.39, 0.29) is 11.7 Å². The third-order valence-corrected chi connectivity index (χ3v) is 3.29. The van der Waals surface area contributed by atoms with E-state index in [1.54, 1.807) is 31.2 Å². The minimum Gasteiger partial charge on any atom is -0.480 e. The van der Waals surface area contributed by atoms with Gasteiger partial charge in [-0.2, -0.15) is 0 Å². The highest BCUT2D eigenvalue weighted by atomic mass is 16.4. The molecule has 6 nitrogen and oxygen atoms in total. The van der Waals surface area contributed by atoms with Gasteiger partial charge in [0, 0.05) is 11.3 Å². The van der Waals surface area contributed by atoms with Crippen LogP contribution < -0.4 is 10.6 Å². The van der Waals surface area contributed by atoms with Crippen molar-refractivity contribution >= 4 is 23.5 Å². The highest BCUT2D eigenvalue weighted by Gasteiger charge is 2.25. The van der Waals surface area contributed by atoms with Gasteiger partial charge in [0.1, 0.15) is 6.04 Å². The molecule has 0 fully saturated rings. The molecule has 0 spiro atoms. The summed E-state index contributed by atoms with van der Waals surface area (Å²) in [5.74, 6) is -1.36. The van der Waals surface area contributed by atoms with Gasteiger partial charge in [0.25, 0.3) is 0 Å². The van der Waals surface area contributed by atoms with Gasteiger partial charge in [0.15, 0.2) is 5.78 Å². The summed E-state index contributed by atoms with van der Waals surface area (Å²) in [4.78, 5) is 34.3. The zero-order valence-corrected chi connectivity index (χ0v) is 12.3. The second-order valence-corrected chi connectivity index (χ2v) is 4.94. The van der Waals surface area contributed by atoms with Crippen LogP contribution in [0.3, 0.4) is 0 Å². The van der Waals surface area contributed by atoms with E-state index in [1.807, 2.05) is 6.92 Å². The molecule has 0 radical (unpaired) electrons. The number of hydrogen-bond acceptors (Lipinski definition) is 3. The Kier molecular flexibility index (Phi) is 5.90. The predicted molar refractivity (Wildman–Crippen MR) is 79.5 cm³/mol. The predicted octanol–water partition coefficient (Wildman–Crippen LogP) is 2.51. The summed E-state index contributed by atoms with van der Waals surface area (Å²) < 4.78 is 0.